The molecule has 0 amide bonds. The first-order valence-corrected chi connectivity index (χ1v) is 8.12. The molecule has 1 saturated carbocycles. The normalized spacial score (nSPS) is 40.6. The zero-order chi connectivity index (χ0) is 16.4. The summed E-state index contributed by atoms with van der Waals surface area (Å²) in [6, 6.07) is 0. The molecule has 0 aromatic rings. The van der Waals surface area contributed by atoms with E-state index in [0.717, 1.165) is 25.7 Å². The molecule has 0 aromatic carbocycles. The van der Waals surface area contributed by atoms with E-state index in [2.05, 4.69) is 6.58 Å². The van der Waals surface area contributed by atoms with Crippen molar-refractivity contribution in [3.05, 3.63) is 12.2 Å². The van der Waals surface area contributed by atoms with Crippen molar-refractivity contribution < 1.29 is 32.2 Å². The van der Waals surface area contributed by atoms with Crippen LogP contribution in [0.15, 0.2) is 12.2 Å². The van der Waals surface area contributed by atoms with Gasteiger partial charge in [0.1, 0.15) is 11.7 Å². The van der Waals surface area contributed by atoms with Crippen LogP contribution >= 0.6 is 0 Å². The molecule has 0 aromatic heterocycles. The van der Waals surface area contributed by atoms with Crippen molar-refractivity contribution in [1.29, 1.82) is 0 Å². The van der Waals surface area contributed by atoms with Crippen molar-refractivity contribution >= 4 is 5.97 Å². The van der Waals surface area contributed by atoms with Crippen LogP contribution in [0, 0.1) is 5.92 Å². The Kier molecular flexibility index (Phi) is 3.33. The fourth-order valence-electron chi connectivity index (χ4n) is 4.75. The van der Waals surface area contributed by atoms with E-state index in [4.69, 9.17) is 14.2 Å². The van der Waals surface area contributed by atoms with E-state index in [-0.39, 0.29) is 23.7 Å². The highest BCUT2D eigenvalue weighted by Gasteiger charge is 2.69. The molecule has 4 rings (SSSR count). The van der Waals surface area contributed by atoms with Crippen molar-refractivity contribution in [2.75, 3.05) is 0 Å². The van der Waals surface area contributed by atoms with Gasteiger partial charge in [0.2, 0.25) is 0 Å². The standard InChI is InChI=1S/C16H19F3O4/c1-8(16(17,18)19)14(20)22-12-10-7-9-11(21-10)13(12)23-15(9)5-3-2-4-6-15/h9-13H,1-7H2. The summed E-state index contributed by atoms with van der Waals surface area (Å²) in [7, 11) is 0. The molecule has 4 aliphatic rings. The maximum Gasteiger partial charge on any atom is 0.422 e. The summed E-state index contributed by atoms with van der Waals surface area (Å²) >= 11 is 0. The van der Waals surface area contributed by atoms with Gasteiger partial charge in [-0.15, -0.1) is 0 Å². The van der Waals surface area contributed by atoms with Gasteiger partial charge in [0, 0.05) is 5.92 Å². The summed E-state index contributed by atoms with van der Waals surface area (Å²) < 4.78 is 54.9. The number of hydrogen-bond acceptors (Lipinski definition) is 4. The molecular formula is C16H19F3O4. The lowest BCUT2D eigenvalue weighted by Gasteiger charge is -2.36. The van der Waals surface area contributed by atoms with Gasteiger partial charge >= 0.3 is 12.1 Å². The summed E-state index contributed by atoms with van der Waals surface area (Å²) in [6.45, 7) is 2.79. The summed E-state index contributed by atoms with van der Waals surface area (Å²) in [5.41, 5.74) is -1.72. The third kappa shape index (κ3) is 2.23. The van der Waals surface area contributed by atoms with Crippen molar-refractivity contribution in [3.63, 3.8) is 0 Å². The molecule has 3 aliphatic heterocycles. The fraction of sp³-hybridized carbons (Fsp3) is 0.812. The van der Waals surface area contributed by atoms with Gasteiger partial charge < -0.3 is 14.2 Å². The van der Waals surface area contributed by atoms with Crippen LogP contribution in [0.2, 0.25) is 0 Å². The van der Waals surface area contributed by atoms with Gasteiger partial charge in [-0.25, -0.2) is 4.79 Å². The van der Waals surface area contributed by atoms with Gasteiger partial charge in [0.25, 0.3) is 0 Å². The van der Waals surface area contributed by atoms with Crippen LogP contribution in [0.1, 0.15) is 38.5 Å². The summed E-state index contributed by atoms with van der Waals surface area (Å²) in [4.78, 5) is 11.7. The number of hydrogen-bond donors (Lipinski definition) is 0. The summed E-state index contributed by atoms with van der Waals surface area (Å²) in [5.74, 6) is -1.15. The largest absolute Gasteiger partial charge is 0.453 e. The van der Waals surface area contributed by atoms with Crippen molar-refractivity contribution in [3.8, 4) is 0 Å². The highest BCUT2D eigenvalue weighted by atomic mass is 19.4. The average Bonchev–Trinajstić information content (AvgIpc) is 3.11. The molecular weight excluding hydrogens is 313 g/mol. The molecule has 3 heterocycles. The van der Waals surface area contributed by atoms with Gasteiger partial charge in [-0.3, -0.25) is 0 Å². The number of fused-ring (bicyclic) bond motifs is 2. The lowest BCUT2D eigenvalue weighted by atomic mass is 9.72. The lowest BCUT2D eigenvalue weighted by Crippen LogP contribution is -2.41. The number of rotatable bonds is 2. The quantitative estimate of drug-likeness (QED) is 0.576. The van der Waals surface area contributed by atoms with Gasteiger partial charge in [-0.2, -0.15) is 13.2 Å². The highest BCUT2D eigenvalue weighted by molar-refractivity contribution is 5.89. The smallest absolute Gasteiger partial charge is 0.422 e. The Morgan fingerprint density at radius 3 is 2.52 bits per heavy atom. The lowest BCUT2D eigenvalue weighted by molar-refractivity contribution is -0.165. The highest BCUT2D eigenvalue weighted by Crippen LogP contribution is 2.58. The van der Waals surface area contributed by atoms with Crippen LogP contribution in [0.25, 0.3) is 0 Å². The van der Waals surface area contributed by atoms with Gasteiger partial charge in [0.05, 0.1) is 17.8 Å². The number of carbonyl (C=O) groups is 1. The Morgan fingerprint density at radius 2 is 1.87 bits per heavy atom. The van der Waals surface area contributed by atoms with Crippen molar-refractivity contribution in [1.82, 2.24) is 0 Å². The Bertz CT molecular complexity index is 538. The maximum absolute atomic E-state index is 12.6. The van der Waals surface area contributed by atoms with Crippen LogP contribution in [0.3, 0.4) is 0 Å². The molecule has 4 nitrogen and oxygen atoms in total. The van der Waals surface area contributed by atoms with Gasteiger partial charge in [-0.1, -0.05) is 25.8 Å². The molecule has 23 heavy (non-hydrogen) atoms. The zero-order valence-corrected chi connectivity index (χ0v) is 12.6. The Hall–Kier alpha value is -1.08. The number of ether oxygens (including phenoxy) is 3. The second-order valence-corrected chi connectivity index (χ2v) is 7.04. The molecule has 7 heteroatoms. The predicted molar refractivity (Wildman–Crippen MR) is 72.5 cm³/mol. The third-order valence-electron chi connectivity index (χ3n) is 5.81. The van der Waals surface area contributed by atoms with Crippen LogP contribution in [0.4, 0.5) is 13.2 Å². The molecule has 5 atom stereocenters. The third-order valence-corrected chi connectivity index (χ3v) is 5.81. The predicted octanol–water partition coefficient (Wildman–Crippen LogP) is 2.91. The van der Waals surface area contributed by atoms with Gasteiger partial charge in [-0.05, 0) is 19.3 Å². The number of carbonyl (C=O) groups excluding carboxylic acids is 1. The Morgan fingerprint density at radius 1 is 1.17 bits per heavy atom. The van der Waals surface area contributed by atoms with E-state index in [1.165, 1.54) is 6.42 Å². The molecule has 128 valence electrons. The Labute approximate surface area is 131 Å². The molecule has 3 saturated heterocycles. The molecule has 2 bridgehead atoms. The van der Waals surface area contributed by atoms with Crippen molar-refractivity contribution in [2.24, 2.45) is 5.92 Å². The molecule has 4 fully saturated rings. The van der Waals surface area contributed by atoms with E-state index in [9.17, 15) is 18.0 Å². The molecule has 1 aliphatic carbocycles. The Balaban J connectivity index is 1.49. The van der Waals surface area contributed by atoms with Crippen molar-refractivity contribution in [2.45, 2.75) is 74.7 Å². The monoisotopic (exact) mass is 332 g/mol. The summed E-state index contributed by atoms with van der Waals surface area (Å²) in [6.07, 6.45) is -0.528. The number of alkyl halides is 3. The van der Waals surface area contributed by atoms with Crippen LogP contribution < -0.4 is 0 Å². The molecule has 1 spiro atoms. The maximum atomic E-state index is 12.6. The minimum Gasteiger partial charge on any atom is -0.453 e. The van der Waals surface area contributed by atoms with E-state index < -0.39 is 29.9 Å². The average molecular weight is 332 g/mol. The van der Waals surface area contributed by atoms with E-state index in [1.54, 1.807) is 0 Å². The number of esters is 1. The SMILES string of the molecule is C=C(C(=O)OC1C2CC3C(O2)C1OC31CCCCC1)C(F)(F)F. The minimum absolute atomic E-state index is 0.157. The van der Waals surface area contributed by atoms with Crippen LogP contribution in [-0.4, -0.2) is 42.2 Å². The first-order chi connectivity index (χ1) is 10.8. The molecule has 5 unspecified atom stereocenters. The van der Waals surface area contributed by atoms with E-state index >= 15 is 0 Å². The second kappa shape index (κ2) is 4.96. The van der Waals surface area contributed by atoms with E-state index in [0.29, 0.717) is 6.42 Å². The van der Waals surface area contributed by atoms with Crippen LogP contribution in [0.5, 0.6) is 0 Å². The summed E-state index contributed by atoms with van der Waals surface area (Å²) in [5, 5.41) is 0. The zero-order valence-electron chi connectivity index (χ0n) is 12.6. The number of halogens is 3. The second-order valence-electron chi connectivity index (χ2n) is 7.04. The molecule has 0 N–H and O–H groups in total. The first kappa shape index (κ1) is 15.4. The molecule has 0 radical (unpaired) electrons. The van der Waals surface area contributed by atoms with E-state index in [1.807, 2.05) is 0 Å². The fourth-order valence-corrected chi connectivity index (χ4v) is 4.75. The first-order valence-electron chi connectivity index (χ1n) is 8.12. The van der Waals surface area contributed by atoms with Gasteiger partial charge in [0.15, 0.2) is 6.10 Å². The van der Waals surface area contributed by atoms with Crippen LogP contribution in [-0.2, 0) is 19.0 Å². The topological polar surface area (TPSA) is 44.8 Å². The minimum atomic E-state index is -4.78.